The summed E-state index contributed by atoms with van der Waals surface area (Å²) in [4.78, 5) is 0. The average molecular weight is 358 g/mol. The van der Waals surface area contributed by atoms with Crippen LogP contribution in [-0.4, -0.2) is 15.1 Å². The zero-order valence-corrected chi connectivity index (χ0v) is 13.1. The minimum Gasteiger partial charge on any atom is -0.242 e. The molecule has 0 aromatic heterocycles. The van der Waals surface area contributed by atoms with E-state index in [1.807, 2.05) is 0 Å². The molecule has 1 N–H and O–H groups in total. The van der Waals surface area contributed by atoms with Gasteiger partial charge in [-0.3, -0.25) is 0 Å². The Labute approximate surface area is 121 Å². The lowest BCUT2D eigenvalue weighted by Gasteiger charge is -2.26. The van der Waals surface area contributed by atoms with Crippen LogP contribution < -0.4 is 4.72 Å². The van der Waals surface area contributed by atoms with Crippen molar-refractivity contribution in [2.24, 2.45) is 0 Å². The molecule has 2 atom stereocenters. The molecule has 1 rings (SSSR count). The van der Waals surface area contributed by atoms with Crippen LogP contribution in [0.4, 0.5) is 13.2 Å². The van der Waals surface area contributed by atoms with E-state index in [1.54, 1.807) is 20.8 Å². The van der Waals surface area contributed by atoms with Crippen LogP contribution in [0.15, 0.2) is 28.7 Å². The summed E-state index contributed by atoms with van der Waals surface area (Å²) >= 11 is 3.17. The molecule has 0 fully saturated rings. The molecule has 2 nitrogen and oxygen atoms in total. The van der Waals surface area contributed by atoms with Crippen LogP contribution in [-0.2, 0) is 11.0 Å². The third-order valence-electron chi connectivity index (χ3n) is 2.31. The van der Waals surface area contributed by atoms with Crippen molar-refractivity contribution >= 4 is 26.9 Å². The van der Waals surface area contributed by atoms with Gasteiger partial charge in [0.05, 0.1) is 15.7 Å². The number of rotatable bonds is 3. The van der Waals surface area contributed by atoms with Gasteiger partial charge in [0.1, 0.15) is 6.04 Å². The van der Waals surface area contributed by atoms with E-state index < -0.39 is 28.0 Å². The molecule has 0 aliphatic heterocycles. The fourth-order valence-electron chi connectivity index (χ4n) is 1.26. The second kappa shape index (κ2) is 5.93. The number of benzene rings is 1. The van der Waals surface area contributed by atoms with Crippen molar-refractivity contribution in [2.75, 3.05) is 0 Å². The molecular weight excluding hydrogens is 343 g/mol. The first kappa shape index (κ1) is 16.7. The fourth-order valence-corrected chi connectivity index (χ4v) is 2.36. The summed E-state index contributed by atoms with van der Waals surface area (Å²) in [6, 6.07) is 3.82. The molecule has 0 spiro atoms. The molecule has 0 aliphatic carbocycles. The SMILES string of the molecule is CC(C)(C)[S@@](=O)N[C@H](c1ccc(Br)cc1)C(F)(F)F. The molecule has 0 aliphatic rings. The maximum Gasteiger partial charge on any atom is 0.408 e. The summed E-state index contributed by atoms with van der Waals surface area (Å²) in [6.45, 7) is 4.85. The third kappa shape index (κ3) is 4.89. The molecular formula is C12H15BrF3NOS. The number of hydrogen-bond donors (Lipinski definition) is 1. The van der Waals surface area contributed by atoms with Crippen LogP contribution in [0.1, 0.15) is 32.4 Å². The maximum absolute atomic E-state index is 13.0. The van der Waals surface area contributed by atoms with E-state index in [1.165, 1.54) is 24.3 Å². The van der Waals surface area contributed by atoms with Gasteiger partial charge >= 0.3 is 6.18 Å². The van der Waals surface area contributed by atoms with Crippen molar-refractivity contribution in [1.82, 2.24) is 4.72 Å². The Balaban J connectivity index is 3.04. The van der Waals surface area contributed by atoms with Crippen molar-refractivity contribution < 1.29 is 17.4 Å². The molecule has 0 amide bonds. The van der Waals surface area contributed by atoms with Crippen LogP contribution >= 0.6 is 15.9 Å². The highest BCUT2D eigenvalue weighted by atomic mass is 79.9. The minimum absolute atomic E-state index is 0.0355. The highest BCUT2D eigenvalue weighted by Crippen LogP contribution is 2.34. The van der Waals surface area contributed by atoms with Gasteiger partial charge in [-0.15, -0.1) is 0 Å². The molecule has 0 saturated carbocycles. The highest BCUT2D eigenvalue weighted by molar-refractivity contribution is 9.10. The van der Waals surface area contributed by atoms with Crippen molar-refractivity contribution in [1.29, 1.82) is 0 Å². The van der Waals surface area contributed by atoms with Gasteiger partial charge in [-0.1, -0.05) is 28.1 Å². The Bertz CT molecular complexity index is 454. The lowest BCUT2D eigenvalue weighted by atomic mass is 10.1. The predicted molar refractivity (Wildman–Crippen MR) is 74.0 cm³/mol. The Morgan fingerprint density at radius 3 is 2.00 bits per heavy atom. The average Bonchev–Trinajstić information content (AvgIpc) is 2.24. The summed E-state index contributed by atoms with van der Waals surface area (Å²) in [5.74, 6) is 0. The number of alkyl halides is 3. The van der Waals surface area contributed by atoms with Gasteiger partial charge in [-0.05, 0) is 38.5 Å². The quantitative estimate of drug-likeness (QED) is 0.866. The Morgan fingerprint density at radius 1 is 1.16 bits per heavy atom. The Morgan fingerprint density at radius 2 is 1.63 bits per heavy atom. The van der Waals surface area contributed by atoms with E-state index in [0.717, 1.165) is 0 Å². The minimum atomic E-state index is -4.51. The zero-order valence-electron chi connectivity index (χ0n) is 10.7. The molecule has 108 valence electrons. The van der Waals surface area contributed by atoms with Crippen molar-refractivity contribution in [3.63, 3.8) is 0 Å². The Hall–Kier alpha value is -0.400. The predicted octanol–water partition coefficient (Wildman–Crippen LogP) is 4.10. The van der Waals surface area contributed by atoms with Gasteiger partial charge < -0.3 is 0 Å². The Kier molecular flexibility index (Phi) is 5.20. The van der Waals surface area contributed by atoms with Gasteiger partial charge in [0.2, 0.25) is 0 Å². The topological polar surface area (TPSA) is 29.1 Å². The summed E-state index contributed by atoms with van der Waals surface area (Å²) in [5.41, 5.74) is 0.0355. The molecule has 0 bridgehead atoms. The second-order valence-corrected chi connectivity index (χ2v) is 7.94. The number of nitrogens with one attached hydrogen (secondary N) is 1. The summed E-state index contributed by atoms with van der Waals surface area (Å²) in [7, 11) is -1.80. The molecule has 0 heterocycles. The fraction of sp³-hybridized carbons (Fsp3) is 0.500. The zero-order chi connectivity index (χ0) is 14.8. The maximum atomic E-state index is 13.0. The van der Waals surface area contributed by atoms with Crippen LogP contribution in [0.2, 0.25) is 0 Å². The first-order valence-corrected chi connectivity index (χ1v) is 7.46. The van der Waals surface area contributed by atoms with Gasteiger partial charge in [0.25, 0.3) is 0 Å². The molecule has 19 heavy (non-hydrogen) atoms. The normalized spacial score (nSPS) is 16.2. The van der Waals surface area contributed by atoms with Gasteiger partial charge in [0, 0.05) is 4.47 Å². The van der Waals surface area contributed by atoms with Gasteiger partial charge in [-0.25, -0.2) is 8.93 Å². The van der Waals surface area contributed by atoms with Crippen molar-refractivity contribution in [2.45, 2.75) is 37.7 Å². The van der Waals surface area contributed by atoms with E-state index >= 15 is 0 Å². The van der Waals surface area contributed by atoms with Crippen LogP contribution in [0.25, 0.3) is 0 Å². The summed E-state index contributed by atoms with van der Waals surface area (Å²) in [6.07, 6.45) is -4.51. The first-order chi connectivity index (χ1) is 8.51. The second-order valence-electron chi connectivity index (χ2n) is 5.03. The molecule has 0 radical (unpaired) electrons. The lowest BCUT2D eigenvalue weighted by Crippen LogP contribution is -2.41. The number of halogens is 4. The van der Waals surface area contributed by atoms with E-state index in [-0.39, 0.29) is 5.56 Å². The van der Waals surface area contributed by atoms with Crippen LogP contribution in [0.5, 0.6) is 0 Å². The monoisotopic (exact) mass is 357 g/mol. The van der Waals surface area contributed by atoms with Crippen LogP contribution in [0.3, 0.4) is 0 Å². The largest absolute Gasteiger partial charge is 0.408 e. The molecule has 7 heteroatoms. The number of hydrogen-bond acceptors (Lipinski definition) is 1. The lowest BCUT2D eigenvalue weighted by molar-refractivity contribution is -0.152. The van der Waals surface area contributed by atoms with E-state index in [9.17, 15) is 17.4 Å². The summed E-state index contributed by atoms with van der Waals surface area (Å²) in [5, 5.41) is 0. The van der Waals surface area contributed by atoms with Crippen LogP contribution in [0, 0.1) is 0 Å². The van der Waals surface area contributed by atoms with Crippen molar-refractivity contribution in [3.05, 3.63) is 34.3 Å². The molecule has 0 saturated heterocycles. The van der Waals surface area contributed by atoms with Gasteiger partial charge in [0.15, 0.2) is 0 Å². The first-order valence-electron chi connectivity index (χ1n) is 5.52. The van der Waals surface area contributed by atoms with E-state index in [2.05, 4.69) is 20.7 Å². The van der Waals surface area contributed by atoms with Gasteiger partial charge in [-0.2, -0.15) is 13.2 Å². The van der Waals surface area contributed by atoms with Crippen molar-refractivity contribution in [3.8, 4) is 0 Å². The van der Waals surface area contributed by atoms with E-state index in [4.69, 9.17) is 0 Å². The summed E-state index contributed by atoms with van der Waals surface area (Å²) < 4.78 is 53.1. The smallest absolute Gasteiger partial charge is 0.242 e. The van der Waals surface area contributed by atoms with E-state index in [0.29, 0.717) is 4.47 Å². The standard InChI is InChI=1S/C12H15BrF3NOS/c1-11(2,3)19(18)17-10(12(14,15)16)8-4-6-9(13)7-5-8/h4-7,10,17H,1-3H3/t10-,19-/m1/s1. The third-order valence-corrected chi connectivity index (χ3v) is 4.40. The molecule has 1 aromatic rings. The highest BCUT2D eigenvalue weighted by Gasteiger charge is 2.42. The molecule has 1 aromatic carbocycles. The molecule has 0 unspecified atom stereocenters.